The SMILES string of the molecule is Cc1ccc(NC(=O)c2cnc3nccnc3c2)cc1. The van der Waals surface area contributed by atoms with Gasteiger partial charge in [-0.15, -0.1) is 0 Å². The van der Waals surface area contributed by atoms with Crippen molar-refractivity contribution in [3.8, 4) is 0 Å². The van der Waals surface area contributed by atoms with E-state index in [-0.39, 0.29) is 5.91 Å². The zero-order chi connectivity index (χ0) is 13.9. The number of hydrogen-bond acceptors (Lipinski definition) is 4. The molecule has 0 fully saturated rings. The number of hydrogen-bond donors (Lipinski definition) is 1. The second-order valence-corrected chi connectivity index (χ2v) is 4.44. The highest BCUT2D eigenvalue weighted by atomic mass is 16.1. The molecule has 2 aromatic heterocycles. The number of nitrogens with one attached hydrogen (secondary N) is 1. The van der Waals surface area contributed by atoms with Crippen molar-refractivity contribution in [2.24, 2.45) is 0 Å². The highest BCUT2D eigenvalue weighted by Gasteiger charge is 2.08. The molecule has 3 rings (SSSR count). The molecule has 98 valence electrons. The van der Waals surface area contributed by atoms with Gasteiger partial charge in [-0.3, -0.25) is 9.78 Å². The molecule has 0 aliphatic carbocycles. The van der Waals surface area contributed by atoms with Gasteiger partial charge in [-0.25, -0.2) is 9.97 Å². The van der Waals surface area contributed by atoms with Gasteiger partial charge in [-0.1, -0.05) is 17.7 Å². The summed E-state index contributed by atoms with van der Waals surface area (Å²) in [5.41, 5.74) is 3.48. The zero-order valence-electron chi connectivity index (χ0n) is 10.9. The summed E-state index contributed by atoms with van der Waals surface area (Å²) in [7, 11) is 0. The van der Waals surface area contributed by atoms with E-state index in [9.17, 15) is 4.79 Å². The topological polar surface area (TPSA) is 67.8 Å². The Morgan fingerprint density at radius 2 is 1.80 bits per heavy atom. The number of amides is 1. The number of aromatic nitrogens is 3. The minimum atomic E-state index is -0.214. The largest absolute Gasteiger partial charge is 0.322 e. The zero-order valence-corrected chi connectivity index (χ0v) is 10.9. The van der Waals surface area contributed by atoms with Gasteiger partial charge in [0, 0.05) is 24.3 Å². The number of carbonyl (C=O) groups is 1. The Balaban J connectivity index is 1.86. The molecule has 2 heterocycles. The van der Waals surface area contributed by atoms with Gasteiger partial charge in [0.05, 0.1) is 5.56 Å². The summed E-state index contributed by atoms with van der Waals surface area (Å²) in [6.07, 6.45) is 4.65. The molecule has 0 aliphatic rings. The van der Waals surface area contributed by atoms with Gasteiger partial charge in [0.15, 0.2) is 5.65 Å². The lowest BCUT2D eigenvalue weighted by atomic mass is 10.2. The Labute approximate surface area is 115 Å². The molecule has 3 aromatic rings. The van der Waals surface area contributed by atoms with Crippen LogP contribution in [0.25, 0.3) is 11.2 Å². The van der Waals surface area contributed by atoms with Crippen molar-refractivity contribution < 1.29 is 4.79 Å². The third-order valence-electron chi connectivity index (χ3n) is 2.90. The van der Waals surface area contributed by atoms with Gasteiger partial charge < -0.3 is 5.32 Å². The highest BCUT2D eigenvalue weighted by Crippen LogP contribution is 2.12. The van der Waals surface area contributed by atoms with E-state index in [1.54, 1.807) is 18.5 Å². The molecule has 0 saturated heterocycles. The Kier molecular flexibility index (Phi) is 3.09. The van der Waals surface area contributed by atoms with E-state index in [0.29, 0.717) is 16.7 Å². The Morgan fingerprint density at radius 3 is 2.60 bits per heavy atom. The van der Waals surface area contributed by atoms with Crippen LogP contribution in [0.2, 0.25) is 0 Å². The second-order valence-electron chi connectivity index (χ2n) is 4.44. The number of fused-ring (bicyclic) bond motifs is 1. The molecule has 0 spiro atoms. The normalized spacial score (nSPS) is 10.4. The van der Waals surface area contributed by atoms with Crippen LogP contribution in [0.4, 0.5) is 5.69 Å². The van der Waals surface area contributed by atoms with Gasteiger partial charge in [-0.05, 0) is 25.1 Å². The number of aryl methyl sites for hydroxylation is 1. The minimum Gasteiger partial charge on any atom is -0.322 e. The van der Waals surface area contributed by atoms with Crippen molar-refractivity contribution in [2.45, 2.75) is 6.92 Å². The summed E-state index contributed by atoms with van der Waals surface area (Å²) in [6.45, 7) is 2.00. The second kappa shape index (κ2) is 5.05. The molecule has 0 atom stereocenters. The van der Waals surface area contributed by atoms with E-state index < -0.39 is 0 Å². The molecule has 20 heavy (non-hydrogen) atoms. The van der Waals surface area contributed by atoms with Gasteiger partial charge in [0.25, 0.3) is 5.91 Å². The van der Waals surface area contributed by atoms with Crippen molar-refractivity contribution in [1.82, 2.24) is 15.0 Å². The summed E-state index contributed by atoms with van der Waals surface area (Å²) in [4.78, 5) is 24.5. The van der Waals surface area contributed by atoms with Gasteiger partial charge >= 0.3 is 0 Å². The Hall–Kier alpha value is -2.82. The number of carbonyl (C=O) groups excluding carboxylic acids is 1. The van der Waals surface area contributed by atoms with E-state index in [1.165, 1.54) is 6.20 Å². The predicted octanol–water partition coefficient (Wildman–Crippen LogP) is 2.59. The maximum absolute atomic E-state index is 12.1. The van der Waals surface area contributed by atoms with Gasteiger partial charge in [0.1, 0.15) is 5.52 Å². The fraction of sp³-hybridized carbons (Fsp3) is 0.0667. The van der Waals surface area contributed by atoms with E-state index in [0.717, 1.165) is 11.3 Å². The molecule has 0 unspecified atom stereocenters. The fourth-order valence-corrected chi connectivity index (χ4v) is 1.82. The van der Waals surface area contributed by atoms with Crippen LogP contribution in [-0.2, 0) is 0 Å². The average Bonchev–Trinajstić information content (AvgIpc) is 2.49. The number of benzene rings is 1. The van der Waals surface area contributed by atoms with E-state index in [4.69, 9.17) is 0 Å². The van der Waals surface area contributed by atoms with Crippen LogP contribution in [0.15, 0.2) is 48.9 Å². The lowest BCUT2D eigenvalue weighted by Gasteiger charge is -2.05. The van der Waals surface area contributed by atoms with Crippen LogP contribution in [0.1, 0.15) is 15.9 Å². The van der Waals surface area contributed by atoms with Crippen LogP contribution in [0, 0.1) is 6.92 Å². The first-order chi connectivity index (χ1) is 9.72. The third-order valence-corrected chi connectivity index (χ3v) is 2.90. The van der Waals surface area contributed by atoms with Crippen molar-refractivity contribution in [2.75, 3.05) is 5.32 Å². The van der Waals surface area contributed by atoms with Gasteiger partial charge in [-0.2, -0.15) is 0 Å². The van der Waals surface area contributed by atoms with Crippen molar-refractivity contribution in [3.63, 3.8) is 0 Å². The molecule has 0 aliphatic heterocycles. The minimum absolute atomic E-state index is 0.214. The number of anilines is 1. The quantitative estimate of drug-likeness (QED) is 0.772. The molecule has 0 bridgehead atoms. The summed E-state index contributed by atoms with van der Waals surface area (Å²) in [5.74, 6) is -0.214. The lowest BCUT2D eigenvalue weighted by Crippen LogP contribution is -2.12. The number of pyridine rings is 1. The smallest absolute Gasteiger partial charge is 0.257 e. The standard InChI is InChI=1S/C15H12N4O/c1-10-2-4-12(5-3-10)19-15(20)11-8-13-14(18-9-11)17-7-6-16-13/h2-9H,1H3,(H,19,20). The van der Waals surface area contributed by atoms with Crippen LogP contribution in [0.3, 0.4) is 0 Å². The van der Waals surface area contributed by atoms with E-state index in [1.807, 2.05) is 31.2 Å². The molecular formula is C15H12N4O. The predicted molar refractivity (Wildman–Crippen MR) is 76.5 cm³/mol. The Morgan fingerprint density at radius 1 is 1.05 bits per heavy atom. The van der Waals surface area contributed by atoms with Crippen LogP contribution >= 0.6 is 0 Å². The maximum atomic E-state index is 12.1. The molecule has 1 N–H and O–H groups in total. The molecule has 5 nitrogen and oxygen atoms in total. The number of nitrogens with zero attached hydrogens (tertiary/aromatic N) is 3. The van der Waals surface area contributed by atoms with Gasteiger partial charge in [0.2, 0.25) is 0 Å². The first kappa shape index (κ1) is 12.2. The molecule has 1 amide bonds. The monoisotopic (exact) mass is 264 g/mol. The first-order valence-corrected chi connectivity index (χ1v) is 6.17. The molecule has 0 saturated carbocycles. The molecule has 0 radical (unpaired) electrons. The van der Waals surface area contributed by atoms with Crippen LogP contribution < -0.4 is 5.32 Å². The summed E-state index contributed by atoms with van der Waals surface area (Å²) in [6, 6.07) is 9.29. The summed E-state index contributed by atoms with van der Waals surface area (Å²) in [5, 5.41) is 2.82. The van der Waals surface area contributed by atoms with E-state index >= 15 is 0 Å². The maximum Gasteiger partial charge on any atom is 0.257 e. The molecular weight excluding hydrogens is 252 g/mol. The van der Waals surface area contributed by atoms with Crippen LogP contribution in [0.5, 0.6) is 0 Å². The lowest BCUT2D eigenvalue weighted by molar-refractivity contribution is 0.102. The van der Waals surface area contributed by atoms with Crippen molar-refractivity contribution in [1.29, 1.82) is 0 Å². The molecule has 5 heteroatoms. The third kappa shape index (κ3) is 2.47. The summed E-state index contributed by atoms with van der Waals surface area (Å²) < 4.78 is 0. The Bertz CT molecular complexity index is 768. The van der Waals surface area contributed by atoms with E-state index in [2.05, 4.69) is 20.3 Å². The molecule has 1 aromatic carbocycles. The highest BCUT2D eigenvalue weighted by molar-refractivity contribution is 6.05. The average molecular weight is 264 g/mol. The summed E-state index contributed by atoms with van der Waals surface area (Å²) >= 11 is 0. The van der Waals surface area contributed by atoms with Crippen molar-refractivity contribution in [3.05, 3.63) is 60.0 Å². The fourth-order valence-electron chi connectivity index (χ4n) is 1.82. The first-order valence-electron chi connectivity index (χ1n) is 6.17. The van der Waals surface area contributed by atoms with Crippen LogP contribution in [-0.4, -0.2) is 20.9 Å². The number of rotatable bonds is 2. The van der Waals surface area contributed by atoms with Crippen molar-refractivity contribution >= 4 is 22.8 Å².